The number of ether oxygens (including phenoxy) is 1. The molecule has 1 aliphatic rings. The number of amides is 1. The van der Waals surface area contributed by atoms with Crippen molar-refractivity contribution in [1.82, 2.24) is 24.3 Å². The van der Waals surface area contributed by atoms with E-state index in [0.717, 1.165) is 65.8 Å². The molecule has 0 unspecified atom stereocenters. The van der Waals surface area contributed by atoms with Crippen molar-refractivity contribution in [2.24, 2.45) is 0 Å². The summed E-state index contributed by atoms with van der Waals surface area (Å²) < 4.78 is 7.16. The van der Waals surface area contributed by atoms with Crippen LogP contribution in [-0.4, -0.2) is 63.5 Å². The molecule has 2 aromatic carbocycles. The molecule has 1 fully saturated rings. The maximum atomic E-state index is 12.8. The Kier molecular flexibility index (Phi) is 5.87. The van der Waals surface area contributed by atoms with Gasteiger partial charge in [0, 0.05) is 37.1 Å². The normalized spacial score (nSPS) is 14.7. The van der Waals surface area contributed by atoms with E-state index >= 15 is 0 Å². The highest BCUT2D eigenvalue weighted by molar-refractivity contribution is 7.09. The molecule has 0 saturated carbocycles. The highest BCUT2D eigenvalue weighted by Gasteiger charge is 2.22. The second-order valence-corrected chi connectivity index (χ2v) is 8.82. The monoisotopic (exact) mass is 447 g/mol. The fourth-order valence-electron chi connectivity index (χ4n) is 4.01. The zero-order chi connectivity index (χ0) is 21.9. The van der Waals surface area contributed by atoms with Crippen molar-refractivity contribution in [1.29, 1.82) is 0 Å². The first-order valence-corrected chi connectivity index (χ1v) is 11.6. The molecule has 3 heterocycles. The summed E-state index contributed by atoms with van der Waals surface area (Å²) in [6, 6.07) is 15.9. The van der Waals surface area contributed by atoms with Crippen molar-refractivity contribution >= 4 is 28.3 Å². The number of hydrogen-bond donors (Lipinski definition) is 0. The van der Waals surface area contributed by atoms with Gasteiger partial charge in [-0.25, -0.2) is 9.97 Å². The Morgan fingerprint density at radius 3 is 2.62 bits per heavy atom. The van der Waals surface area contributed by atoms with Gasteiger partial charge in [0.25, 0.3) is 0 Å². The second kappa shape index (κ2) is 9.10. The van der Waals surface area contributed by atoms with Gasteiger partial charge >= 0.3 is 0 Å². The molecule has 0 N–H and O–H groups in total. The predicted octanol–water partition coefficient (Wildman–Crippen LogP) is 3.51. The van der Waals surface area contributed by atoms with Crippen LogP contribution in [0.3, 0.4) is 0 Å². The van der Waals surface area contributed by atoms with Gasteiger partial charge in [-0.15, -0.1) is 11.3 Å². The number of fused-ring (bicyclic) bond motifs is 1. The first-order chi connectivity index (χ1) is 15.7. The number of para-hydroxylation sites is 2. The first kappa shape index (κ1) is 20.7. The molecule has 8 heteroatoms. The minimum Gasteiger partial charge on any atom is -0.497 e. The number of methoxy groups -OCH3 is 1. The van der Waals surface area contributed by atoms with Gasteiger partial charge in [-0.1, -0.05) is 12.1 Å². The number of benzene rings is 2. The number of rotatable bonds is 6. The topological polar surface area (TPSA) is 63.5 Å². The number of imidazole rings is 1. The molecular formula is C24H25N5O2S. The van der Waals surface area contributed by atoms with Gasteiger partial charge in [-0.05, 0) is 36.4 Å². The van der Waals surface area contributed by atoms with Crippen LogP contribution in [0.1, 0.15) is 5.01 Å². The number of piperazine rings is 1. The van der Waals surface area contributed by atoms with E-state index in [1.165, 1.54) is 0 Å². The lowest BCUT2D eigenvalue weighted by Gasteiger charge is -2.34. The van der Waals surface area contributed by atoms with Crippen LogP contribution in [0.25, 0.3) is 22.3 Å². The molecule has 164 valence electrons. The predicted molar refractivity (Wildman–Crippen MR) is 126 cm³/mol. The maximum absolute atomic E-state index is 12.8. The molecule has 1 amide bonds. The van der Waals surface area contributed by atoms with E-state index in [0.29, 0.717) is 6.54 Å². The fraction of sp³-hybridized carbons (Fsp3) is 0.292. The zero-order valence-corrected chi connectivity index (χ0v) is 18.8. The van der Waals surface area contributed by atoms with Crippen LogP contribution in [0.5, 0.6) is 5.75 Å². The van der Waals surface area contributed by atoms with Crippen molar-refractivity contribution in [3.05, 3.63) is 65.2 Å². The van der Waals surface area contributed by atoms with Crippen LogP contribution in [0.4, 0.5) is 0 Å². The molecular weight excluding hydrogens is 422 g/mol. The number of nitrogens with zero attached hydrogens (tertiary/aromatic N) is 5. The highest BCUT2D eigenvalue weighted by atomic mass is 32.1. The number of carbonyl (C=O) groups excluding carboxylic acids is 1. The van der Waals surface area contributed by atoms with Crippen LogP contribution < -0.4 is 4.74 Å². The van der Waals surface area contributed by atoms with Crippen molar-refractivity contribution in [3.63, 3.8) is 0 Å². The summed E-state index contributed by atoms with van der Waals surface area (Å²) in [5.74, 6) is 0.988. The molecule has 7 nitrogen and oxygen atoms in total. The average molecular weight is 448 g/mol. The summed E-state index contributed by atoms with van der Waals surface area (Å²) in [6.45, 7) is 4.33. The molecule has 0 spiro atoms. The molecule has 1 aliphatic heterocycles. The van der Waals surface area contributed by atoms with Crippen molar-refractivity contribution < 1.29 is 9.53 Å². The van der Waals surface area contributed by atoms with Crippen molar-refractivity contribution in [2.45, 2.75) is 13.1 Å². The summed E-state index contributed by atoms with van der Waals surface area (Å²) in [4.78, 5) is 26.3. The first-order valence-electron chi connectivity index (χ1n) is 10.7. The third kappa shape index (κ3) is 4.37. The van der Waals surface area contributed by atoms with Gasteiger partial charge in [0.2, 0.25) is 5.91 Å². The molecule has 0 bridgehead atoms. The summed E-state index contributed by atoms with van der Waals surface area (Å²) in [7, 11) is 1.67. The lowest BCUT2D eigenvalue weighted by atomic mass is 10.2. The Morgan fingerprint density at radius 1 is 1.06 bits per heavy atom. The van der Waals surface area contributed by atoms with Gasteiger partial charge in [-0.2, -0.15) is 0 Å². The zero-order valence-electron chi connectivity index (χ0n) is 18.0. The Bertz CT molecular complexity index is 1210. The van der Waals surface area contributed by atoms with E-state index in [9.17, 15) is 4.79 Å². The molecule has 0 radical (unpaired) electrons. The molecule has 1 saturated heterocycles. The SMILES string of the molecule is COc1ccc(-c2csc(CN3CCN(C(=O)Cn4cnc5ccccc54)CC3)n2)cc1. The minimum absolute atomic E-state index is 0.142. The molecule has 0 aliphatic carbocycles. The van der Waals surface area contributed by atoms with E-state index in [4.69, 9.17) is 9.72 Å². The fourth-order valence-corrected chi connectivity index (χ4v) is 4.85. The summed E-state index contributed by atoms with van der Waals surface area (Å²) in [6.07, 6.45) is 1.75. The average Bonchev–Trinajstić information content (AvgIpc) is 3.47. The standard InChI is InChI=1S/C24H25N5O2S/c1-31-19-8-6-18(7-9-19)21-16-32-23(26-21)14-27-10-12-28(13-11-27)24(30)15-29-17-25-20-4-2-3-5-22(20)29/h2-9,16-17H,10-15H2,1H3. The molecule has 2 aromatic heterocycles. The van der Waals surface area contributed by atoms with Crippen LogP contribution >= 0.6 is 11.3 Å². The largest absolute Gasteiger partial charge is 0.497 e. The van der Waals surface area contributed by atoms with Gasteiger partial charge in [0.15, 0.2) is 0 Å². The minimum atomic E-state index is 0.142. The smallest absolute Gasteiger partial charge is 0.242 e. The molecule has 0 atom stereocenters. The third-order valence-electron chi connectivity index (χ3n) is 5.85. The van der Waals surface area contributed by atoms with Crippen LogP contribution in [0, 0.1) is 0 Å². The number of thiazole rings is 1. The summed E-state index contributed by atoms with van der Waals surface area (Å²) in [5.41, 5.74) is 4.00. The summed E-state index contributed by atoms with van der Waals surface area (Å²) in [5, 5.41) is 3.20. The Morgan fingerprint density at radius 2 is 1.84 bits per heavy atom. The molecule has 5 rings (SSSR count). The van der Waals surface area contributed by atoms with E-state index in [1.807, 2.05) is 58.0 Å². The van der Waals surface area contributed by atoms with Crippen molar-refractivity contribution in [3.8, 4) is 17.0 Å². The lowest BCUT2D eigenvalue weighted by molar-refractivity contribution is -0.133. The van der Waals surface area contributed by atoms with E-state index in [1.54, 1.807) is 24.8 Å². The Hall–Kier alpha value is -3.23. The van der Waals surface area contributed by atoms with E-state index in [2.05, 4.69) is 15.3 Å². The van der Waals surface area contributed by atoms with Crippen LogP contribution in [-0.2, 0) is 17.9 Å². The van der Waals surface area contributed by atoms with Gasteiger partial charge in [0.1, 0.15) is 17.3 Å². The highest BCUT2D eigenvalue weighted by Crippen LogP contribution is 2.25. The van der Waals surface area contributed by atoms with Crippen LogP contribution in [0.2, 0.25) is 0 Å². The Labute approximate surface area is 190 Å². The third-order valence-corrected chi connectivity index (χ3v) is 6.69. The van der Waals surface area contributed by atoms with Crippen LogP contribution in [0.15, 0.2) is 60.2 Å². The number of aromatic nitrogens is 3. The number of hydrogen-bond acceptors (Lipinski definition) is 6. The maximum Gasteiger partial charge on any atom is 0.242 e. The lowest BCUT2D eigenvalue weighted by Crippen LogP contribution is -2.49. The van der Waals surface area contributed by atoms with E-state index < -0.39 is 0 Å². The van der Waals surface area contributed by atoms with Gasteiger partial charge in [-0.3, -0.25) is 9.69 Å². The van der Waals surface area contributed by atoms with Crippen molar-refractivity contribution in [2.75, 3.05) is 33.3 Å². The van der Waals surface area contributed by atoms with E-state index in [-0.39, 0.29) is 5.91 Å². The van der Waals surface area contributed by atoms with Gasteiger partial charge < -0.3 is 14.2 Å². The van der Waals surface area contributed by atoms with Gasteiger partial charge in [0.05, 0.1) is 36.7 Å². The Balaban J connectivity index is 1.15. The quantitative estimate of drug-likeness (QED) is 0.453. The molecule has 4 aromatic rings. The number of carbonyl (C=O) groups is 1. The second-order valence-electron chi connectivity index (χ2n) is 7.87. The molecule has 32 heavy (non-hydrogen) atoms. The summed E-state index contributed by atoms with van der Waals surface area (Å²) >= 11 is 1.68.